The van der Waals surface area contributed by atoms with Gasteiger partial charge in [-0.1, -0.05) is 6.92 Å². The zero-order valence-corrected chi connectivity index (χ0v) is 8.80. The number of rotatable bonds is 6. The molecule has 5 heteroatoms. The number of hydrogen-bond donors (Lipinski definition) is 3. The van der Waals surface area contributed by atoms with E-state index in [4.69, 9.17) is 10.8 Å². The lowest BCUT2D eigenvalue weighted by molar-refractivity contribution is -0.137. The molecule has 0 amide bonds. The molecule has 2 atom stereocenters. The van der Waals surface area contributed by atoms with Crippen molar-refractivity contribution < 1.29 is 15.0 Å². The number of hydrogen-bond acceptors (Lipinski definition) is 4. The van der Waals surface area contributed by atoms with Crippen LogP contribution < -0.4 is 5.73 Å². The fraction of sp³-hybridized carbons (Fsp3) is 0.875. The van der Waals surface area contributed by atoms with Crippen molar-refractivity contribution in [3.8, 4) is 0 Å². The van der Waals surface area contributed by atoms with Gasteiger partial charge in [-0.3, -0.25) is 4.79 Å². The molecule has 4 N–H and O–H groups in total. The molecule has 0 aromatic heterocycles. The Labute approximate surface area is 82.5 Å². The molecule has 0 saturated heterocycles. The number of aliphatic hydroxyl groups is 1. The van der Waals surface area contributed by atoms with Crippen molar-refractivity contribution in [2.75, 3.05) is 11.5 Å². The third kappa shape index (κ3) is 5.90. The Hall–Kier alpha value is -0.260. The van der Waals surface area contributed by atoms with E-state index in [-0.39, 0.29) is 0 Å². The van der Waals surface area contributed by atoms with E-state index in [0.29, 0.717) is 17.9 Å². The minimum Gasteiger partial charge on any atom is -0.480 e. The molecule has 0 aliphatic heterocycles. The van der Waals surface area contributed by atoms with Crippen LogP contribution in [0.5, 0.6) is 0 Å². The Morgan fingerprint density at radius 3 is 2.62 bits per heavy atom. The normalized spacial score (nSPS) is 17.8. The quantitative estimate of drug-likeness (QED) is 0.583. The van der Waals surface area contributed by atoms with E-state index >= 15 is 0 Å². The van der Waals surface area contributed by atoms with Crippen molar-refractivity contribution in [2.24, 2.45) is 5.73 Å². The highest BCUT2D eigenvalue weighted by Crippen LogP contribution is 2.16. The van der Waals surface area contributed by atoms with Gasteiger partial charge in [-0.2, -0.15) is 11.8 Å². The molecule has 0 spiro atoms. The van der Waals surface area contributed by atoms with Crippen LogP contribution >= 0.6 is 11.8 Å². The van der Waals surface area contributed by atoms with Crippen LogP contribution in [-0.2, 0) is 4.79 Å². The summed E-state index contributed by atoms with van der Waals surface area (Å²) in [6, 6.07) is -0.836. The van der Waals surface area contributed by atoms with Crippen LogP contribution in [0.4, 0.5) is 0 Å². The van der Waals surface area contributed by atoms with Crippen LogP contribution in [0.15, 0.2) is 0 Å². The van der Waals surface area contributed by atoms with E-state index in [1.807, 2.05) is 6.92 Å². The van der Waals surface area contributed by atoms with Gasteiger partial charge < -0.3 is 15.9 Å². The number of carboxylic acid groups (broad SMARTS) is 1. The predicted octanol–water partition coefficient (Wildman–Crippen LogP) is 0.292. The van der Waals surface area contributed by atoms with E-state index in [0.717, 1.165) is 0 Å². The molecule has 78 valence electrons. The van der Waals surface area contributed by atoms with Crippen molar-refractivity contribution in [1.82, 2.24) is 0 Å². The topological polar surface area (TPSA) is 83.5 Å². The van der Waals surface area contributed by atoms with E-state index in [1.165, 1.54) is 11.8 Å². The smallest absolute Gasteiger partial charge is 0.321 e. The second kappa shape index (κ2) is 5.47. The average molecular weight is 207 g/mol. The summed E-state index contributed by atoms with van der Waals surface area (Å²) in [5.41, 5.74) is 4.57. The zero-order chi connectivity index (χ0) is 10.5. The second-order valence-electron chi connectivity index (χ2n) is 3.31. The summed E-state index contributed by atoms with van der Waals surface area (Å²) < 4.78 is 0. The SMILES string of the molecule is CCC(C)(O)CSC[C@H](N)C(=O)O. The molecule has 0 saturated carbocycles. The lowest BCUT2D eigenvalue weighted by atomic mass is 10.1. The zero-order valence-electron chi connectivity index (χ0n) is 7.99. The molecule has 0 aliphatic carbocycles. The first-order valence-electron chi connectivity index (χ1n) is 4.17. The number of thioether (sulfide) groups is 1. The first kappa shape index (κ1) is 12.7. The van der Waals surface area contributed by atoms with Gasteiger partial charge in [0.05, 0.1) is 5.60 Å². The van der Waals surface area contributed by atoms with E-state index in [9.17, 15) is 9.90 Å². The van der Waals surface area contributed by atoms with Crippen molar-refractivity contribution in [3.05, 3.63) is 0 Å². The summed E-state index contributed by atoms with van der Waals surface area (Å²) in [5.74, 6) is -0.140. The summed E-state index contributed by atoms with van der Waals surface area (Å²) in [7, 11) is 0. The van der Waals surface area contributed by atoms with Crippen LogP contribution in [0, 0.1) is 0 Å². The minimum atomic E-state index is -0.997. The van der Waals surface area contributed by atoms with Gasteiger partial charge in [0, 0.05) is 11.5 Å². The van der Waals surface area contributed by atoms with Crippen molar-refractivity contribution in [1.29, 1.82) is 0 Å². The first-order valence-corrected chi connectivity index (χ1v) is 5.33. The molecule has 0 radical (unpaired) electrons. The Kier molecular flexibility index (Phi) is 5.36. The Bertz CT molecular complexity index is 173. The molecule has 4 nitrogen and oxygen atoms in total. The van der Waals surface area contributed by atoms with Gasteiger partial charge in [0.2, 0.25) is 0 Å². The van der Waals surface area contributed by atoms with Gasteiger partial charge in [0.25, 0.3) is 0 Å². The van der Waals surface area contributed by atoms with E-state index in [2.05, 4.69) is 0 Å². The van der Waals surface area contributed by atoms with Crippen molar-refractivity contribution in [3.63, 3.8) is 0 Å². The Morgan fingerprint density at radius 1 is 1.69 bits per heavy atom. The molecular formula is C8H17NO3S. The monoisotopic (exact) mass is 207 g/mol. The van der Waals surface area contributed by atoms with E-state index < -0.39 is 17.6 Å². The largest absolute Gasteiger partial charge is 0.480 e. The maximum absolute atomic E-state index is 10.3. The third-order valence-corrected chi connectivity index (χ3v) is 3.21. The highest BCUT2D eigenvalue weighted by molar-refractivity contribution is 7.99. The highest BCUT2D eigenvalue weighted by atomic mass is 32.2. The van der Waals surface area contributed by atoms with Gasteiger partial charge >= 0.3 is 5.97 Å². The number of carboxylic acids is 1. The van der Waals surface area contributed by atoms with Gasteiger partial charge in [-0.05, 0) is 13.3 Å². The molecule has 0 rings (SSSR count). The van der Waals surface area contributed by atoms with Gasteiger partial charge in [-0.25, -0.2) is 0 Å². The predicted molar refractivity (Wildman–Crippen MR) is 53.9 cm³/mol. The lowest BCUT2D eigenvalue weighted by Gasteiger charge is -2.20. The van der Waals surface area contributed by atoms with Crippen LogP contribution in [0.25, 0.3) is 0 Å². The first-order chi connectivity index (χ1) is 5.89. The van der Waals surface area contributed by atoms with Gasteiger partial charge in [0.1, 0.15) is 6.04 Å². The lowest BCUT2D eigenvalue weighted by Crippen LogP contribution is -2.34. The maximum Gasteiger partial charge on any atom is 0.321 e. The standard InChI is InChI=1S/C8H17NO3S/c1-3-8(2,12)5-13-4-6(9)7(10)11/h6,12H,3-5,9H2,1-2H3,(H,10,11)/t6-,8?/m0/s1. The van der Waals surface area contributed by atoms with Gasteiger partial charge in [-0.15, -0.1) is 0 Å². The van der Waals surface area contributed by atoms with Crippen molar-refractivity contribution in [2.45, 2.75) is 31.9 Å². The fourth-order valence-electron chi connectivity index (χ4n) is 0.579. The third-order valence-electron chi connectivity index (χ3n) is 1.79. The van der Waals surface area contributed by atoms with Crippen LogP contribution in [0.2, 0.25) is 0 Å². The van der Waals surface area contributed by atoms with Crippen LogP contribution in [-0.4, -0.2) is 39.3 Å². The number of carbonyl (C=O) groups is 1. The average Bonchev–Trinajstić information content (AvgIpc) is 2.04. The summed E-state index contributed by atoms with van der Waals surface area (Å²) in [6.45, 7) is 3.62. The van der Waals surface area contributed by atoms with Crippen LogP contribution in [0.1, 0.15) is 20.3 Å². The molecule has 13 heavy (non-hydrogen) atoms. The second-order valence-corrected chi connectivity index (χ2v) is 4.34. The molecule has 0 bridgehead atoms. The Balaban J connectivity index is 3.62. The van der Waals surface area contributed by atoms with Crippen LogP contribution in [0.3, 0.4) is 0 Å². The molecular weight excluding hydrogens is 190 g/mol. The summed E-state index contributed by atoms with van der Waals surface area (Å²) in [5, 5.41) is 18.0. The molecule has 0 aromatic rings. The molecule has 0 aliphatic rings. The number of aliphatic carboxylic acids is 1. The Morgan fingerprint density at radius 2 is 2.23 bits per heavy atom. The molecule has 0 heterocycles. The van der Waals surface area contributed by atoms with Crippen molar-refractivity contribution >= 4 is 17.7 Å². The summed E-state index contributed by atoms with van der Waals surface area (Å²) >= 11 is 1.37. The molecule has 0 aromatic carbocycles. The molecule has 0 fully saturated rings. The van der Waals surface area contributed by atoms with Gasteiger partial charge in [0.15, 0.2) is 0 Å². The number of nitrogens with two attached hydrogens (primary N) is 1. The molecule has 1 unspecified atom stereocenters. The summed E-state index contributed by atoms with van der Waals surface area (Å²) in [6.07, 6.45) is 0.655. The maximum atomic E-state index is 10.3. The summed E-state index contributed by atoms with van der Waals surface area (Å²) in [4.78, 5) is 10.3. The van der Waals surface area contributed by atoms with E-state index in [1.54, 1.807) is 6.92 Å². The highest BCUT2D eigenvalue weighted by Gasteiger charge is 2.19. The fourth-order valence-corrected chi connectivity index (χ4v) is 1.74. The minimum absolute atomic E-state index is 0.339.